The fourth-order valence-electron chi connectivity index (χ4n) is 2.75. The van der Waals surface area contributed by atoms with Crippen LogP contribution >= 0.6 is 0 Å². The van der Waals surface area contributed by atoms with Crippen molar-refractivity contribution >= 4 is 29.6 Å². The molecular formula is C20H37N5O6. The van der Waals surface area contributed by atoms with Crippen LogP contribution < -0.4 is 27.4 Å². The highest BCUT2D eigenvalue weighted by atomic mass is 16.4. The number of hydrogen-bond donors (Lipinski definition) is 6. The Hall–Kier alpha value is -2.69. The van der Waals surface area contributed by atoms with E-state index in [4.69, 9.17) is 11.5 Å². The van der Waals surface area contributed by atoms with Crippen molar-refractivity contribution in [3.8, 4) is 0 Å². The third-order valence-corrected chi connectivity index (χ3v) is 4.91. The molecule has 11 nitrogen and oxygen atoms in total. The summed E-state index contributed by atoms with van der Waals surface area (Å²) in [5.74, 6) is -3.85. The minimum absolute atomic E-state index is 0.0371. The number of carbonyl (C=O) groups is 5. The summed E-state index contributed by atoms with van der Waals surface area (Å²) in [5, 5.41) is 16.9. The van der Waals surface area contributed by atoms with Crippen molar-refractivity contribution in [3.05, 3.63) is 0 Å². The molecule has 0 bridgehead atoms. The van der Waals surface area contributed by atoms with Gasteiger partial charge in [0, 0.05) is 6.42 Å². The highest BCUT2D eigenvalue weighted by Crippen LogP contribution is 2.11. The molecule has 11 heteroatoms. The molecule has 5 unspecified atom stereocenters. The number of nitrogens with two attached hydrogens (primary N) is 2. The van der Waals surface area contributed by atoms with Gasteiger partial charge in [0.25, 0.3) is 0 Å². The van der Waals surface area contributed by atoms with Gasteiger partial charge < -0.3 is 32.5 Å². The summed E-state index contributed by atoms with van der Waals surface area (Å²) in [4.78, 5) is 59.6. The van der Waals surface area contributed by atoms with Crippen molar-refractivity contribution in [1.82, 2.24) is 16.0 Å². The SMILES string of the molecule is CCC(C)C(NC(=O)C(CC(C)C)NC(=O)C(C)NC(=O)C(N)CCC(N)=O)C(=O)O. The lowest BCUT2D eigenvalue weighted by atomic mass is 9.97. The first-order valence-electron chi connectivity index (χ1n) is 10.5. The van der Waals surface area contributed by atoms with Crippen molar-refractivity contribution in [2.24, 2.45) is 23.3 Å². The van der Waals surface area contributed by atoms with Crippen LogP contribution in [0, 0.1) is 11.8 Å². The minimum Gasteiger partial charge on any atom is -0.480 e. The van der Waals surface area contributed by atoms with Gasteiger partial charge in [0.15, 0.2) is 0 Å². The Morgan fingerprint density at radius 1 is 0.903 bits per heavy atom. The monoisotopic (exact) mass is 443 g/mol. The first kappa shape index (κ1) is 28.3. The van der Waals surface area contributed by atoms with E-state index in [0.29, 0.717) is 6.42 Å². The molecule has 31 heavy (non-hydrogen) atoms. The molecular weight excluding hydrogens is 406 g/mol. The molecule has 0 rings (SSSR count). The van der Waals surface area contributed by atoms with E-state index in [1.807, 2.05) is 20.8 Å². The Morgan fingerprint density at radius 3 is 1.94 bits per heavy atom. The van der Waals surface area contributed by atoms with Crippen LogP contribution in [-0.4, -0.2) is 58.9 Å². The Balaban J connectivity index is 5.11. The lowest BCUT2D eigenvalue weighted by Gasteiger charge is -2.26. The number of primary amides is 1. The summed E-state index contributed by atoms with van der Waals surface area (Å²) in [7, 11) is 0. The Bertz CT molecular complexity index is 654. The normalized spacial score (nSPS) is 15.8. The second kappa shape index (κ2) is 13.6. The molecule has 0 fully saturated rings. The fraction of sp³-hybridized carbons (Fsp3) is 0.750. The van der Waals surface area contributed by atoms with Crippen molar-refractivity contribution < 1.29 is 29.1 Å². The summed E-state index contributed by atoms with van der Waals surface area (Å²) in [6.07, 6.45) is 0.813. The Kier molecular flexibility index (Phi) is 12.4. The fourth-order valence-corrected chi connectivity index (χ4v) is 2.75. The lowest BCUT2D eigenvalue weighted by molar-refractivity contribution is -0.144. The van der Waals surface area contributed by atoms with Gasteiger partial charge in [-0.05, 0) is 31.6 Å². The number of carbonyl (C=O) groups excluding carboxylic acids is 4. The number of carboxylic acids is 1. The Labute approximate surface area is 183 Å². The number of nitrogens with one attached hydrogen (secondary N) is 3. The van der Waals surface area contributed by atoms with Gasteiger partial charge in [-0.15, -0.1) is 0 Å². The van der Waals surface area contributed by atoms with Crippen LogP contribution in [0.25, 0.3) is 0 Å². The van der Waals surface area contributed by atoms with E-state index in [2.05, 4.69) is 16.0 Å². The van der Waals surface area contributed by atoms with E-state index in [0.717, 1.165) is 0 Å². The maximum atomic E-state index is 12.7. The predicted molar refractivity (Wildman–Crippen MR) is 114 cm³/mol. The summed E-state index contributed by atoms with van der Waals surface area (Å²) in [5.41, 5.74) is 10.7. The number of hydrogen-bond acceptors (Lipinski definition) is 6. The molecule has 0 spiro atoms. The van der Waals surface area contributed by atoms with E-state index in [1.54, 1.807) is 6.92 Å². The van der Waals surface area contributed by atoms with Crippen molar-refractivity contribution in [1.29, 1.82) is 0 Å². The van der Waals surface area contributed by atoms with Gasteiger partial charge in [0.05, 0.1) is 6.04 Å². The molecule has 5 atom stereocenters. The van der Waals surface area contributed by atoms with Gasteiger partial charge >= 0.3 is 5.97 Å². The molecule has 0 aliphatic rings. The quantitative estimate of drug-likeness (QED) is 0.203. The van der Waals surface area contributed by atoms with E-state index in [1.165, 1.54) is 6.92 Å². The van der Waals surface area contributed by atoms with Crippen molar-refractivity contribution in [2.45, 2.75) is 84.5 Å². The molecule has 0 saturated heterocycles. The number of aliphatic carboxylic acids is 1. The average Bonchev–Trinajstić information content (AvgIpc) is 2.67. The van der Waals surface area contributed by atoms with Crippen LogP contribution in [0.2, 0.25) is 0 Å². The lowest BCUT2D eigenvalue weighted by Crippen LogP contribution is -2.57. The third-order valence-electron chi connectivity index (χ3n) is 4.91. The molecule has 0 heterocycles. The zero-order valence-corrected chi connectivity index (χ0v) is 18.9. The van der Waals surface area contributed by atoms with Crippen LogP contribution in [0.5, 0.6) is 0 Å². The summed E-state index contributed by atoms with van der Waals surface area (Å²) < 4.78 is 0. The van der Waals surface area contributed by atoms with E-state index < -0.39 is 53.8 Å². The van der Waals surface area contributed by atoms with E-state index >= 15 is 0 Å². The van der Waals surface area contributed by atoms with Crippen molar-refractivity contribution in [2.75, 3.05) is 0 Å². The van der Waals surface area contributed by atoms with Crippen LogP contribution in [0.3, 0.4) is 0 Å². The van der Waals surface area contributed by atoms with E-state index in [-0.39, 0.29) is 31.1 Å². The van der Waals surface area contributed by atoms with Crippen LogP contribution in [0.4, 0.5) is 0 Å². The highest BCUT2D eigenvalue weighted by molar-refractivity contribution is 5.94. The van der Waals surface area contributed by atoms with E-state index in [9.17, 15) is 29.1 Å². The second-order valence-electron chi connectivity index (χ2n) is 8.24. The molecule has 0 saturated carbocycles. The number of carboxylic acid groups (broad SMARTS) is 1. The number of rotatable bonds is 14. The summed E-state index contributed by atoms with van der Waals surface area (Å²) in [6, 6.07) is -4.06. The molecule has 0 radical (unpaired) electrons. The maximum Gasteiger partial charge on any atom is 0.326 e. The minimum atomic E-state index is -1.15. The van der Waals surface area contributed by atoms with Crippen molar-refractivity contribution in [3.63, 3.8) is 0 Å². The molecule has 178 valence electrons. The van der Waals surface area contributed by atoms with Gasteiger partial charge in [-0.2, -0.15) is 0 Å². The molecule has 4 amide bonds. The molecule has 0 aromatic heterocycles. The number of amides is 4. The third kappa shape index (κ3) is 10.8. The predicted octanol–water partition coefficient (Wildman–Crippen LogP) is -0.770. The summed E-state index contributed by atoms with van der Waals surface area (Å²) >= 11 is 0. The van der Waals surface area contributed by atoms with Gasteiger partial charge in [-0.1, -0.05) is 34.1 Å². The highest BCUT2D eigenvalue weighted by Gasteiger charge is 2.31. The maximum absolute atomic E-state index is 12.7. The van der Waals surface area contributed by atoms with Crippen LogP contribution in [0.1, 0.15) is 60.3 Å². The van der Waals surface area contributed by atoms with Crippen LogP contribution in [-0.2, 0) is 24.0 Å². The second-order valence-corrected chi connectivity index (χ2v) is 8.24. The van der Waals surface area contributed by atoms with Gasteiger partial charge in [-0.25, -0.2) is 4.79 Å². The molecule has 0 aromatic carbocycles. The first-order chi connectivity index (χ1) is 14.3. The smallest absolute Gasteiger partial charge is 0.326 e. The standard InChI is InChI=1S/C20H37N5O6/c1-6-11(4)16(20(30)31)25-19(29)14(9-10(2)3)24-17(27)12(5)23-18(28)13(21)7-8-15(22)26/h10-14,16H,6-9,21H2,1-5H3,(H2,22,26)(H,23,28)(H,24,27)(H,25,29)(H,30,31). The van der Waals surface area contributed by atoms with Gasteiger partial charge in [0.1, 0.15) is 18.1 Å². The molecule has 8 N–H and O–H groups in total. The largest absolute Gasteiger partial charge is 0.480 e. The summed E-state index contributed by atoms with van der Waals surface area (Å²) in [6.45, 7) is 8.68. The molecule has 0 aromatic rings. The Morgan fingerprint density at radius 2 is 1.48 bits per heavy atom. The molecule has 0 aliphatic carbocycles. The average molecular weight is 444 g/mol. The topological polar surface area (TPSA) is 194 Å². The van der Waals surface area contributed by atoms with Gasteiger partial charge in [0.2, 0.25) is 23.6 Å². The first-order valence-corrected chi connectivity index (χ1v) is 10.5. The zero-order chi connectivity index (χ0) is 24.3. The van der Waals surface area contributed by atoms with Gasteiger partial charge in [-0.3, -0.25) is 19.2 Å². The molecule has 0 aliphatic heterocycles. The zero-order valence-electron chi connectivity index (χ0n) is 18.9. The van der Waals surface area contributed by atoms with Crippen LogP contribution in [0.15, 0.2) is 0 Å².